The standard InChI is InChI=1S/C23H26Cl3FN2O2S/c1-3-11-28-23(31)21(4-2)29(12-15-17(24)7-5-8-18(15)25)22(30)14-32-13-16-19(26)9-6-10-20(16)27/h5-10,21H,3-4,11-14H2,1-2H3,(H,28,31)/t21-/m1/s1. The van der Waals surface area contributed by atoms with Gasteiger partial charge in [0, 0.05) is 45.0 Å². The average Bonchev–Trinajstić information content (AvgIpc) is 2.76. The first kappa shape index (κ1) is 26.8. The lowest BCUT2D eigenvalue weighted by atomic mass is 10.1. The van der Waals surface area contributed by atoms with Gasteiger partial charge in [-0.3, -0.25) is 9.59 Å². The van der Waals surface area contributed by atoms with Crippen LogP contribution in [-0.4, -0.2) is 35.1 Å². The van der Waals surface area contributed by atoms with E-state index >= 15 is 0 Å². The van der Waals surface area contributed by atoms with E-state index in [0.717, 1.165) is 6.42 Å². The molecule has 2 aromatic carbocycles. The van der Waals surface area contributed by atoms with Gasteiger partial charge in [0.05, 0.1) is 5.75 Å². The summed E-state index contributed by atoms with van der Waals surface area (Å²) in [7, 11) is 0. The van der Waals surface area contributed by atoms with Crippen LogP contribution in [0.4, 0.5) is 4.39 Å². The molecule has 174 valence electrons. The average molecular weight is 520 g/mol. The van der Waals surface area contributed by atoms with Crippen LogP contribution in [0.1, 0.15) is 37.8 Å². The number of rotatable bonds is 11. The van der Waals surface area contributed by atoms with E-state index in [1.807, 2.05) is 13.8 Å². The minimum atomic E-state index is -0.681. The molecule has 0 saturated carbocycles. The Bertz CT molecular complexity index is 905. The van der Waals surface area contributed by atoms with Gasteiger partial charge in [-0.1, -0.05) is 60.8 Å². The topological polar surface area (TPSA) is 49.4 Å². The molecule has 0 aromatic heterocycles. The second-order valence-electron chi connectivity index (χ2n) is 7.13. The molecular weight excluding hydrogens is 494 g/mol. The van der Waals surface area contributed by atoms with Gasteiger partial charge in [0.15, 0.2) is 0 Å². The molecule has 1 N–H and O–H groups in total. The summed E-state index contributed by atoms with van der Waals surface area (Å²) in [5, 5.41) is 4.02. The molecule has 0 fully saturated rings. The number of carbonyl (C=O) groups is 2. The fraction of sp³-hybridized carbons (Fsp3) is 0.391. The lowest BCUT2D eigenvalue weighted by Gasteiger charge is -2.31. The van der Waals surface area contributed by atoms with Gasteiger partial charge in [-0.05, 0) is 37.1 Å². The van der Waals surface area contributed by atoms with Crippen molar-refractivity contribution in [2.75, 3.05) is 12.3 Å². The van der Waals surface area contributed by atoms with Crippen molar-refractivity contribution in [2.45, 2.75) is 45.0 Å². The van der Waals surface area contributed by atoms with Crippen LogP contribution in [0.2, 0.25) is 15.1 Å². The maximum absolute atomic E-state index is 14.0. The zero-order chi connectivity index (χ0) is 23.7. The maximum Gasteiger partial charge on any atom is 0.242 e. The Labute approximate surface area is 207 Å². The number of thioether (sulfide) groups is 1. The quantitative estimate of drug-likeness (QED) is 0.376. The van der Waals surface area contributed by atoms with Gasteiger partial charge in [-0.2, -0.15) is 0 Å². The molecule has 0 bridgehead atoms. The van der Waals surface area contributed by atoms with E-state index in [-0.39, 0.29) is 29.9 Å². The predicted octanol–water partition coefficient (Wildman–Crippen LogP) is 6.35. The van der Waals surface area contributed by atoms with E-state index in [1.165, 1.54) is 28.8 Å². The normalized spacial score (nSPS) is 11.8. The fourth-order valence-corrected chi connectivity index (χ4v) is 4.90. The highest BCUT2D eigenvalue weighted by molar-refractivity contribution is 7.99. The number of hydrogen-bond acceptors (Lipinski definition) is 3. The highest BCUT2D eigenvalue weighted by Crippen LogP contribution is 2.28. The molecule has 2 rings (SSSR count). The largest absolute Gasteiger partial charge is 0.354 e. The van der Waals surface area contributed by atoms with Crippen LogP contribution in [0.3, 0.4) is 0 Å². The van der Waals surface area contributed by atoms with Crippen molar-refractivity contribution in [3.05, 3.63) is 68.4 Å². The van der Waals surface area contributed by atoms with E-state index in [1.54, 1.807) is 24.3 Å². The van der Waals surface area contributed by atoms with Crippen LogP contribution in [0.15, 0.2) is 36.4 Å². The summed E-state index contributed by atoms with van der Waals surface area (Å²) in [6.07, 6.45) is 1.21. The summed E-state index contributed by atoms with van der Waals surface area (Å²) in [6, 6.07) is 8.90. The number of amides is 2. The first-order valence-corrected chi connectivity index (χ1v) is 12.6. The van der Waals surface area contributed by atoms with Gasteiger partial charge in [0.2, 0.25) is 11.8 Å². The Hall–Kier alpha value is -1.47. The molecule has 1 atom stereocenters. The van der Waals surface area contributed by atoms with Gasteiger partial charge < -0.3 is 10.2 Å². The van der Waals surface area contributed by atoms with Crippen molar-refractivity contribution in [3.63, 3.8) is 0 Å². The fourth-order valence-electron chi connectivity index (χ4n) is 3.13. The smallest absolute Gasteiger partial charge is 0.242 e. The summed E-state index contributed by atoms with van der Waals surface area (Å²) >= 11 is 20.0. The van der Waals surface area contributed by atoms with Crippen molar-refractivity contribution in [2.24, 2.45) is 0 Å². The molecule has 0 spiro atoms. The summed E-state index contributed by atoms with van der Waals surface area (Å²) < 4.78 is 14.0. The summed E-state index contributed by atoms with van der Waals surface area (Å²) in [5.41, 5.74) is 0.925. The Morgan fingerprint density at radius 3 is 2.19 bits per heavy atom. The Morgan fingerprint density at radius 1 is 1.03 bits per heavy atom. The predicted molar refractivity (Wildman–Crippen MR) is 132 cm³/mol. The van der Waals surface area contributed by atoms with Crippen LogP contribution in [0.5, 0.6) is 0 Å². The van der Waals surface area contributed by atoms with Gasteiger partial charge in [-0.25, -0.2) is 4.39 Å². The SMILES string of the molecule is CCCNC(=O)[C@@H](CC)N(Cc1c(Cl)cccc1Cl)C(=O)CSCc1c(F)cccc1Cl. The van der Waals surface area contributed by atoms with Crippen LogP contribution < -0.4 is 5.32 Å². The summed E-state index contributed by atoms with van der Waals surface area (Å²) in [5.74, 6) is -0.631. The number of carbonyl (C=O) groups excluding carboxylic acids is 2. The molecule has 0 aliphatic heterocycles. The highest BCUT2D eigenvalue weighted by Gasteiger charge is 2.29. The molecular formula is C23H26Cl3FN2O2S. The molecule has 2 amide bonds. The van der Waals surface area contributed by atoms with Gasteiger partial charge in [0.1, 0.15) is 11.9 Å². The molecule has 32 heavy (non-hydrogen) atoms. The second kappa shape index (κ2) is 13.3. The van der Waals surface area contributed by atoms with E-state index in [9.17, 15) is 14.0 Å². The van der Waals surface area contributed by atoms with Crippen molar-refractivity contribution in [1.29, 1.82) is 0 Å². The summed E-state index contributed by atoms with van der Waals surface area (Å²) in [4.78, 5) is 27.5. The lowest BCUT2D eigenvalue weighted by Crippen LogP contribution is -2.49. The molecule has 0 aliphatic rings. The Balaban J connectivity index is 2.22. The molecule has 0 unspecified atom stereocenters. The number of hydrogen-bond donors (Lipinski definition) is 1. The monoisotopic (exact) mass is 518 g/mol. The van der Waals surface area contributed by atoms with Crippen LogP contribution >= 0.6 is 46.6 Å². The first-order valence-electron chi connectivity index (χ1n) is 10.3. The van der Waals surface area contributed by atoms with Crippen molar-refractivity contribution in [1.82, 2.24) is 10.2 Å². The Kier molecular flexibility index (Phi) is 11.1. The van der Waals surface area contributed by atoms with Crippen LogP contribution in [-0.2, 0) is 21.9 Å². The molecule has 0 radical (unpaired) electrons. The molecule has 0 aliphatic carbocycles. The first-order chi connectivity index (χ1) is 15.3. The van der Waals surface area contributed by atoms with E-state index in [2.05, 4.69) is 5.32 Å². The van der Waals surface area contributed by atoms with Crippen LogP contribution in [0, 0.1) is 5.82 Å². The minimum absolute atomic E-state index is 0.0459. The number of nitrogens with one attached hydrogen (secondary N) is 1. The van der Waals surface area contributed by atoms with Crippen LogP contribution in [0.25, 0.3) is 0 Å². The summed E-state index contributed by atoms with van der Waals surface area (Å²) in [6.45, 7) is 4.41. The van der Waals surface area contributed by atoms with Crippen molar-refractivity contribution < 1.29 is 14.0 Å². The van der Waals surface area contributed by atoms with Crippen molar-refractivity contribution in [3.8, 4) is 0 Å². The van der Waals surface area contributed by atoms with Gasteiger partial charge >= 0.3 is 0 Å². The third kappa shape index (κ3) is 7.27. The molecule has 2 aromatic rings. The van der Waals surface area contributed by atoms with Gasteiger partial charge in [-0.15, -0.1) is 11.8 Å². The molecule has 0 saturated heterocycles. The van der Waals surface area contributed by atoms with E-state index in [4.69, 9.17) is 34.8 Å². The number of benzene rings is 2. The molecule has 4 nitrogen and oxygen atoms in total. The lowest BCUT2D eigenvalue weighted by molar-refractivity contribution is -0.139. The second-order valence-corrected chi connectivity index (χ2v) is 9.34. The maximum atomic E-state index is 14.0. The third-order valence-corrected chi connectivity index (χ3v) is 6.87. The molecule has 0 heterocycles. The Morgan fingerprint density at radius 2 is 1.62 bits per heavy atom. The van der Waals surface area contributed by atoms with E-state index in [0.29, 0.717) is 39.2 Å². The zero-order valence-electron chi connectivity index (χ0n) is 18.0. The van der Waals surface area contributed by atoms with Crippen molar-refractivity contribution >= 4 is 58.4 Å². The highest BCUT2D eigenvalue weighted by atomic mass is 35.5. The van der Waals surface area contributed by atoms with Gasteiger partial charge in [0.25, 0.3) is 0 Å². The van der Waals surface area contributed by atoms with E-state index < -0.39 is 11.9 Å². The number of halogens is 4. The number of nitrogens with zero attached hydrogens (tertiary/aromatic N) is 1. The third-order valence-electron chi connectivity index (χ3n) is 4.86. The zero-order valence-corrected chi connectivity index (χ0v) is 21.1. The minimum Gasteiger partial charge on any atom is -0.354 e. The molecule has 9 heteroatoms.